The van der Waals surface area contributed by atoms with Crippen molar-refractivity contribution in [3.63, 3.8) is 0 Å². The first-order valence-electron chi connectivity index (χ1n) is 8.05. The Morgan fingerprint density at radius 2 is 2.11 bits per heavy atom. The third kappa shape index (κ3) is 3.99. The Morgan fingerprint density at radius 3 is 2.71 bits per heavy atom. The summed E-state index contributed by atoms with van der Waals surface area (Å²) in [5.41, 5.74) is 0.241. The van der Waals surface area contributed by atoms with Crippen LogP contribution < -0.4 is 5.32 Å². The number of aromatic nitrogens is 4. The van der Waals surface area contributed by atoms with Gasteiger partial charge in [0, 0.05) is 7.05 Å². The van der Waals surface area contributed by atoms with Crippen LogP contribution in [0.1, 0.15) is 6.23 Å². The van der Waals surface area contributed by atoms with E-state index in [0.29, 0.717) is 11.2 Å². The van der Waals surface area contributed by atoms with Crippen LogP contribution in [0.3, 0.4) is 0 Å². The van der Waals surface area contributed by atoms with Gasteiger partial charge >= 0.3 is 7.60 Å². The summed E-state index contributed by atoms with van der Waals surface area (Å²) in [5.74, 6) is -1.36. The molecule has 15 heteroatoms. The van der Waals surface area contributed by atoms with Crippen LogP contribution in [0.2, 0.25) is 5.28 Å². The summed E-state index contributed by atoms with van der Waals surface area (Å²) < 4.78 is 23.0. The molecular formula is C13H19ClN5O8P. The number of fused-ring (bicyclic) bond motifs is 1. The van der Waals surface area contributed by atoms with Crippen LogP contribution in [0.15, 0.2) is 6.20 Å². The monoisotopic (exact) mass is 439 g/mol. The minimum atomic E-state index is -4.71. The largest absolute Gasteiger partial charge is 0.393 e. The third-order valence-corrected chi connectivity index (χ3v) is 5.46. The van der Waals surface area contributed by atoms with Gasteiger partial charge in [-0.05, 0) is 11.6 Å². The van der Waals surface area contributed by atoms with E-state index in [9.17, 15) is 14.8 Å². The van der Waals surface area contributed by atoms with Gasteiger partial charge < -0.3 is 39.9 Å². The second-order valence-electron chi connectivity index (χ2n) is 6.02. The highest BCUT2D eigenvalue weighted by molar-refractivity contribution is 7.52. The fraction of sp³-hybridized carbons (Fsp3) is 0.615. The van der Waals surface area contributed by atoms with E-state index in [1.165, 1.54) is 10.9 Å². The van der Waals surface area contributed by atoms with E-state index in [1.54, 1.807) is 7.05 Å². The standard InChI is InChI=1S/C13H19ClN5O8P/c1-15-10-5-2-16-19(11(5)18-13(14)17-10)12-9(22)8(21)6(27-12)4-26-7(3-20)28(23,24)25/h2,6-9,12,20-22H,3-4H2,1H3,(H,15,17,18)(H2,23,24,25)/t6?,7?,8-,9-,12-/m1/s1. The molecule has 0 bridgehead atoms. The molecule has 0 radical (unpaired) electrons. The number of rotatable bonds is 7. The maximum absolute atomic E-state index is 11.2. The second-order valence-corrected chi connectivity index (χ2v) is 8.12. The van der Waals surface area contributed by atoms with E-state index in [2.05, 4.69) is 20.4 Å². The lowest BCUT2D eigenvalue weighted by molar-refractivity contribution is -0.0807. The molecule has 2 aromatic rings. The van der Waals surface area contributed by atoms with Crippen LogP contribution in [0.4, 0.5) is 5.82 Å². The quantitative estimate of drug-likeness (QED) is 0.220. The van der Waals surface area contributed by atoms with Crippen LogP contribution in [-0.4, -0.2) is 89.3 Å². The fourth-order valence-corrected chi connectivity index (χ4v) is 3.46. The summed E-state index contributed by atoms with van der Waals surface area (Å²) in [6, 6.07) is 0. The topological polar surface area (TPSA) is 192 Å². The number of halogens is 1. The SMILES string of the molecule is CNc1nc(Cl)nc2c1cnn2[C@@H]1OC(COC(CO)P(=O)(O)O)[C@@H](O)[C@H]1O. The van der Waals surface area contributed by atoms with Crippen LogP contribution in [0.25, 0.3) is 11.0 Å². The summed E-state index contributed by atoms with van der Waals surface area (Å²) in [4.78, 5) is 26.3. The molecule has 3 rings (SSSR count). The first-order valence-corrected chi connectivity index (χ1v) is 10.1. The average molecular weight is 440 g/mol. The van der Waals surface area contributed by atoms with Gasteiger partial charge in [0.15, 0.2) is 17.7 Å². The van der Waals surface area contributed by atoms with Crippen LogP contribution >= 0.6 is 19.2 Å². The molecule has 13 nitrogen and oxygen atoms in total. The molecule has 1 fully saturated rings. The molecule has 1 saturated heterocycles. The molecule has 3 heterocycles. The maximum atomic E-state index is 11.2. The zero-order valence-corrected chi connectivity index (χ0v) is 16.1. The van der Waals surface area contributed by atoms with Gasteiger partial charge in [0.25, 0.3) is 0 Å². The van der Waals surface area contributed by atoms with Gasteiger partial charge in [0.05, 0.1) is 24.8 Å². The van der Waals surface area contributed by atoms with Crippen molar-refractivity contribution in [2.24, 2.45) is 0 Å². The smallest absolute Gasteiger partial charge is 0.356 e. The van der Waals surface area contributed by atoms with Crippen LogP contribution in [-0.2, 0) is 14.0 Å². The molecule has 0 amide bonds. The Labute approximate surface area is 163 Å². The minimum Gasteiger partial charge on any atom is -0.393 e. The van der Waals surface area contributed by atoms with E-state index >= 15 is 0 Å². The lowest BCUT2D eigenvalue weighted by atomic mass is 10.1. The first kappa shape index (κ1) is 21.3. The van der Waals surface area contributed by atoms with Gasteiger partial charge in [0.2, 0.25) is 5.28 Å². The lowest BCUT2D eigenvalue weighted by Crippen LogP contribution is -2.35. The van der Waals surface area contributed by atoms with Crippen molar-refractivity contribution < 1.29 is 39.1 Å². The molecule has 1 aliphatic heterocycles. The molecule has 0 aromatic carbocycles. The highest BCUT2D eigenvalue weighted by Crippen LogP contribution is 2.42. The number of ether oxygens (including phenoxy) is 2. The van der Waals surface area contributed by atoms with Crippen LogP contribution in [0, 0.1) is 0 Å². The van der Waals surface area contributed by atoms with E-state index in [-0.39, 0.29) is 10.9 Å². The highest BCUT2D eigenvalue weighted by Gasteiger charge is 2.45. The number of hydrogen-bond donors (Lipinski definition) is 6. The van der Waals surface area contributed by atoms with E-state index in [0.717, 1.165) is 0 Å². The Morgan fingerprint density at radius 1 is 1.39 bits per heavy atom. The van der Waals surface area contributed by atoms with Crippen molar-refractivity contribution in [3.05, 3.63) is 11.5 Å². The van der Waals surface area contributed by atoms with Crippen molar-refractivity contribution in [1.82, 2.24) is 19.7 Å². The summed E-state index contributed by atoms with van der Waals surface area (Å²) in [6.07, 6.45) is -3.76. The second kappa shape index (κ2) is 8.14. The number of nitrogens with one attached hydrogen (secondary N) is 1. The molecule has 0 aliphatic carbocycles. The predicted octanol–water partition coefficient (Wildman–Crippen LogP) is -1.35. The maximum Gasteiger partial charge on any atom is 0.356 e. The predicted molar refractivity (Wildman–Crippen MR) is 94.7 cm³/mol. The van der Waals surface area contributed by atoms with Crippen molar-refractivity contribution in [1.29, 1.82) is 0 Å². The van der Waals surface area contributed by atoms with Gasteiger partial charge in [-0.15, -0.1) is 0 Å². The van der Waals surface area contributed by atoms with E-state index in [1.807, 2.05) is 0 Å². The summed E-state index contributed by atoms with van der Waals surface area (Å²) in [5, 5.41) is 37.0. The average Bonchev–Trinajstić information content (AvgIpc) is 3.16. The Bertz CT molecular complexity index is 893. The molecule has 2 unspecified atom stereocenters. The number of aliphatic hydroxyl groups is 3. The summed E-state index contributed by atoms with van der Waals surface area (Å²) >= 11 is 5.90. The normalized spacial score (nSPS) is 26.7. The highest BCUT2D eigenvalue weighted by atomic mass is 35.5. The van der Waals surface area contributed by atoms with Gasteiger partial charge in [-0.3, -0.25) is 4.57 Å². The van der Waals surface area contributed by atoms with Gasteiger partial charge in [-0.2, -0.15) is 10.1 Å². The fourth-order valence-electron chi connectivity index (χ4n) is 2.81. The third-order valence-electron chi connectivity index (χ3n) is 4.23. The van der Waals surface area contributed by atoms with Gasteiger partial charge in [-0.1, -0.05) is 0 Å². The van der Waals surface area contributed by atoms with Crippen molar-refractivity contribution in [2.75, 3.05) is 25.6 Å². The molecule has 5 atom stereocenters. The Hall–Kier alpha value is -1.41. The van der Waals surface area contributed by atoms with Crippen LogP contribution in [0.5, 0.6) is 0 Å². The molecule has 2 aromatic heterocycles. The molecule has 28 heavy (non-hydrogen) atoms. The Balaban J connectivity index is 1.82. The zero-order chi connectivity index (χ0) is 20.6. The number of hydrogen-bond acceptors (Lipinski definition) is 10. The van der Waals surface area contributed by atoms with E-state index < -0.39 is 51.2 Å². The molecule has 0 saturated carbocycles. The molecule has 0 spiro atoms. The van der Waals surface area contributed by atoms with Crippen molar-refractivity contribution >= 4 is 36.0 Å². The summed E-state index contributed by atoms with van der Waals surface area (Å²) in [7, 11) is -3.08. The zero-order valence-electron chi connectivity index (χ0n) is 14.5. The van der Waals surface area contributed by atoms with Crippen molar-refractivity contribution in [2.45, 2.75) is 30.4 Å². The molecule has 1 aliphatic rings. The molecular weight excluding hydrogens is 421 g/mol. The Kier molecular flexibility index (Phi) is 6.20. The number of aliphatic hydroxyl groups excluding tert-OH is 3. The first-order chi connectivity index (χ1) is 13.2. The van der Waals surface area contributed by atoms with Crippen molar-refractivity contribution in [3.8, 4) is 0 Å². The van der Waals surface area contributed by atoms with E-state index in [4.69, 9.17) is 36.0 Å². The minimum absolute atomic E-state index is 0.0704. The molecule has 6 N–H and O–H groups in total. The van der Waals surface area contributed by atoms with Gasteiger partial charge in [-0.25, -0.2) is 9.67 Å². The van der Waals surface area contributed by atoms with Gasteiger partial charge in [0.1, 0.15) is 24.1 Å². The lowest BCUT2D eigenvalue weighted by Gasteiger charge is -2.20. The molecule has 156 valence electrons. The number of anilines is 1. The number of nitrogens with zero attached hydrogens (tertiary/aromatic N) is 4. The summed E-state index contributed by atoms with van der Waals surface area (Å²) in [6.45, 7) is -1.41.